The minimum Gasteiger partial charge on any atom is -0.361 e. The topological polar surface area (TPSA) is 72.5 Å². The van der Waals surface area contributed by atoms with Gasteiger partial charge in [-0.3, -0.25) is 4.79 Å². The molecule has 0 aliphatic carbocycles. The molecule has 126 valence electrons. The van der Waals surface area contributed by atoms with Gasteiger partial charge >= 0.3 is 12.1 Å². The number of H-pyrrole nitrogens is 1. The lowest BCUT2D eigenvalue weighted by molar-refractivity contribution is -0.129. The van der Waals surface area contributed by atoms with Gasteiger partial charge in [0.2, 0.25) is 0 Å². The van der Waals surface area contributed by atoms with Crippen LogP contribution in [0.1, 0.15) is 19.4 Å². The van der Waals surface area contributed by atoms with Crippen LogP contribution in [0, 0.1) is 0 Å². The van der Waals surface area contributed by atoms with Crippen LogP contribution < -0.4 is 0 Å². The molecule has 0 aliphatic heterocycles. The lowest BCUT2D eigenvalue weighted by Crippen LogP contribution is -2.37. The van der Waals surface area contributed by atoms with Crippen molar-refractivity contribution in [3.63, 3.8) is 0 Å². The first-order valence-corrected chi connectivity index (χ1v) is 8.25. The monoisotopic (exact) mass is 332 g/mol. The van der Waals surface area contributed by atoms with E-state index < -0.39 is 0 Å². The lowest BCUT2D eigenvalue weighted by Gasteiger charge is -2.24. The summed E-state index contributed by atoms with van der Waals surface area (Å²) >= 11 is 0. The second-order valence-electron chi connectivity index (χ2n) is 6.19. The fraction of sp³-hybridized carbons (Fsp3) is 0.200. The Labute approximate surface area is 146 Å². The number of hydrogen-bond donors (Lipinski definition) is 1. The van der Waals surface area contributed by atoms with Crippen LogP contribution in [0.2, 0.25) is 0 Å². The van der Waals surface area contributed by atoms with Crippen molar-refractivity contribution in [3.8, 4) is 11.3 Å². The van der Waals surface area contributed by atoms with Gasteiger partial charge in [-0.25, -0.2) is 0 Å². The van der Waals surface area contributed by atoms with Gasteiger partial charge in [-0.05, 0) is 25.5 Å². The normalized spacial score (nSPS) is 10.7. The van der Waals surface area contributed by atoms with E-state index in [-0.39, 0.29) is 11.9 Å². The number of nitrogens with zero attached hydrogens (tertiary/aromatic N) is 3. The first-order chi connectivity index (χ1) is 12.1. The molecule has 0 bridgehead atoms. The Morgan fingerprint density at radius 1 is 1.16 bits per heavy atom. The Morgan fingerprint density at radius 3 is 2.52 bits per heavy atom. The van der Waals surface area contributed by atoms with E-state index in [4.69, 9.17) is 5.53 Å². The maximum Gasteiger partial charge on any atom is 0.344 e. The van der Waals surface area contributed by atoms with Crippen LogP contribution in [-0.2, 0) is 11.3 Å². The molecular formula is C20H20N4O. The van der Waals surface area contributed by atoms with E-state index in [1.165, 1.54) is 0 Å². The number of hydrogen-bond acceptors (Lipinski definition) is 1. The maximum absolute atomic E-state index is 12.3. The van der Waals surface area contributed by atoms with Crippen LogP contribution in [0.4, 0.5) is 0 Å². The second-order valence-corrected chi connectivity index (χ2v) is 6.19. The fourth-order valence-corrected chi connectivity index (χ4v) is 3.02. The van der Waals surface area contributed by atoms with Crippen LogP contribution in [0.25, 0.3) is 27.7 Å². The van der Waals surface area contributed by atoms with E-state index in [0.717, 1.165) is 33.9 Å². The van der Waals surface area contributed by atoms with E-state index in [2.05, 4.69) is 15.8 Å². The zero-order chi connectivity index (χ0) is 17.8. The molecule has 1 amide bonds. The number of aromatic nitrogens is 1. The van der Waals surface area contributed by atoms with E-state index >= 15 is 0 Å². The molecule has 3 aromatic rings. The van der Waals surface area contributed by atoms with Crippen molar-refractivity contribution in [3.05, 3.63) is 65.7 Å². The number of rotatable bonds is 5. The summed E-state index contributed by atoms with van der Waals surface area (Å²) in [7, 11) is 0. The summed E-state index contributed by atoms with van der Waals surface area (Å²) in [6, 6.07) is 18.1. The van der Waals surface area contributed by atoms with E-state index in [0.29, 0.717) is 6.54 Å². The van der Waals surface area contributed by atoms with Gasteiger partial charge in [0, 0.05) is 29.1 Å². The predicted molar refractivity (Wildman–Crippen MR) is 99.1 cm³/mol. The Bertz CT molecular complexity index is 937. The van der Waals surface area contributed by atoms with Crippen molar-refractivity contribution in [1.82, 2.24) is 9.88 Å². The highest BCUT2D eigenvalue weighted by Crippen LogP contribution is 2.31. The van der Waals surface area contributed by atoms with Crippen LogP contribution >= 0.6 is 0 Å². The second kappa shape index (κ2) is 7.16. The molecule has 2 aromatic carbocycles. The van der Waals surface area contributed by atoms with Crippen molar-refractivity contribution in [1.29, 1.82) is 0 Å². The molecule has 0 spiro atoms. The highest BCUT2D eigenvalue weighted by Gasteiger charge is 2.22. The van der Waals surface area contributed by atoms with Crippen molar-refractivity contribution in [2.75, 3.05) is 0 Å². The Morgan fingerprint density at radius 2 is 1.84 bits per heavy atom. The van der Waals surface area contributed by atoms with Gasteiger partial charge in [0.1, 0.15) is 0 Å². The minimum atomic E-state index is -0.318. The third kappa shape index (κ3) is 3.37. The van der Waals surface area contributed by atoms with Crippen LogP contribution in [0.3, 0.4) is 0 Å². The van der Waals surface area contributed by atoms with Crippen molar-refractivity contribution in [2.24, 2.45) is 0 Å². The van der Waals surface area contributed by atoms with E-state index in [1.54, 1.807) is 4.90 Å². The minimum absolute atomic E-state index is 0.0252. The molecular weight excluding hydrogens is 312 g/mol. The summed E-state index contributed by atoms with van der Waals surface area (Å²) in [4.78, 5) is 20.3. The molecule has 0 unspecified atom stereocenters. The van der Waals surface area contributed by atoms with Gasteiger partial charge in [0.25, 0.3) is 0 Å². The van der Waals surface area contributed by atoms with Gasteiger partial charge in [0.05, 0.1) is 5.69 Å². The quantitative estimate of drug-likeness (QED) is 0.430. The zero-order valence-electron chi connectivity index (χ0n) is 14.3. The number of fused-ring (bicyclic) bond motifs is 1. The van der Waals surface area contributed by atoms with Gasteiger partial charge in [-0.1, -0.05) is 48.5 Å². The van der Waals surface area contributed by atoms with E-state index in [9.17, 15) is 4.79 Å². The maximum atomic E-state index is 12.3. The smallest absolute Gasteiger partial charge is 0.344 e. The molecule has 1 N–H and O–H groups in total. The van der Waals surface area contributed by atoms with Gasteiger partial charge < -0.3 is 15.4 Å². The van der Waals surface area contributed by atoms with E-state index in [1.807, 2.05) is 62.4 Å². The van der Waals surface area contributed by atoms with Crippen molar-refractivity contribution >= 4 is 23.0 Å². The van der Waals surface area contributed by atoms with Gasteiger partial charge in [-0.2, -0.15) is 4.79 Å². The first kappa shape index (κ1) is 16.7. The van der Waals surface area contributed by atoms with Crippen molar-refractivity contribution < 1.29 is 9.58 Å². The summed E-state index contributed by atoms with van der Waals surface area (Å²) in [5.74, 6) is -0.318. The number of aromatic amines is 1. The Hall–Kier alpha value is -3.17. The summed E-state index contributed by atoms with van der Waals surface area (Å²) in [6.07, 6.45) is 0.942. The summed E-state index contributed by atoms with van der Waals surface area (Å²) < 4.78 is 0. The Kier molecular flexibility index (Phi) is 4.78. The molecule has 1 aromatic heterocycles. The molecule has 3 rings (SSSR count). The Balaban J connectivity index is 2.13. The average molecular weight is 332 g/mol. The highest BCUT2D eigenvalue weighted by molar-refractivity contribution is 6.23. The third-order valence-electron chi connectivity index (χ3n) is 4.28. The molecule has 5 nitrogen and oxygen atoms in total. The fourth-order valence-electron chi connectivity index (χ4n) is 3.02. The van der Waals surface area contributed by atoms with Gasteiger partial charge in [0.15, 0.2) is 0 Å². The third-order valence-corrected chi connectivity index (χ3v) is 4.28. The molecule has 0 fully saturated rings. The van der Waals surface area contributed by atoms with Crippen LogP contribution in [0.5, 0.6) is 0 Å². The summed E-state index contributed by atoms with van der Waals surface area (Å²) in [5.41, 5.74) is 12.9. The zero-order valence-corrected chi connectivity index (χ0v) is 14.3. The van der Waals surface area contributed by atoms with Crippen LogP contribution in [0.15, 0.2) is 54.6 Å². The number of carbonyl (C=O) groups is 1. The summed E-state index contributed by atoms with van der Waals surface area (Å²) in [5, 5.41) is 1.08. The number of benzene rings is 2. The average Bonchev–Trinajstić information content (AvgIpc) is 2.99. The number of para-hydroxylation sites is 1. The largest absolute Gasteiger partial charge is 0.361 e. The molecule has 0 atom stereocenters. The highest BCUT2D eigenvalue weighted by atomic mass is 16.2. The molecule has 1 heterocycles. The molecule has 0 radical (unpaired) electrons. The van der Waals surface area contributed by atoms with Gasteiger partial charge in [-0.15, -0.1) is 0 Å². The lowest BCUT2D eigenvalue weighted by atomic mass is 10.0. The first-order valence-electron chi connectivity index (χ1n) is 8.25. The number of amides is 1. The van der Waals surface area contributed by atoms with Crippen molar-refractivity contribution in [2.45, 2.75) is 26.4 Å². The number of carbonyl (C=O) groups excluding carboxylic acids is 1. The molecule has 0 aliphatic rings. The molecule has 0 saturated carbocycles. The number of nitrogens with one attached hydrogen (secondary N) is 1. The van der Waals surface area contributed by atoms with Crippen LogP contribution in [-0.4, -0.2) is 32.8 Å². The molecule has 25 heavy (non-hydrogen) atoms. The predicted octanol–water partition coefficient (Wildman–Crippen LogP) is 3.87. The molecule has 0 saturated heterocycles. The summed E-state index contributed by atoms with van der Waals surface area (Å²) in [6.45, 7) is 4.32. The molecule has 5 heteroatoms. The SMILES string of the molecule is CC(C)N(Cc1c(-c2ccccc2)[nH]c2ccccc12)C(=O)C=[N+]=[N-]. The standard InChI is InChI=1S/C20H20N4O/c1-14(2)24(19(25)12-22-21)13-17-16-10-6-7-11-18(16)23-20(17)15-8-4-3-5-9-15/h3-12,14,23H,13H2,1-2H3.